The molecule has 2 rings (SSSR count). The number of ether oxygens (including phenoxy) is 1. The summed E-state index contributed by atoms with van der Waals surface area (Å²) >= 11 is 0. The van der Waals surface area contributed by atoms with Crippen molar-refractivity contribution in [3.05, 3.63) is 29.6 Å². The monoisotopic (exact) mass is 297 g/mol. The predicted molar refractivity (Wildman–Crippen MR) is 77.2 cm³/mol. The van der Waals surface area contributed by atoms with Crippen LogP contribution in [-0.2, 0) is 4.74 Å². The van der Waals surface area contributed by atoms with E-state index in [-0.39, 0.29) is 18.5 Å². The number of rotatable bonds is 5. The van der Waals surface area contributed by atoms with Crippen LogP contribution in [0.2, 0.25) is 0 Å². The molecule has 1 aliphatic rings. The Morgan fingerprint density at radius 1 is 1.43 bits per heavy atom. The maximum atomic E-state index is 14.1. The third kappa shape index (κ3) is 3.83. The summed E-state index contributed by atoms with van der Waals surface area (Å²) in [4.78, 5) is 1.95. The van der Waals surface area contributed by atoms with Gasteiger partial charge in [0.1, 0.15) is 5.82 Å². The number of nitrogens with two attached hydrogens (primary N) is 1. The fourth-order valence-corrected chi connectivity index (χ4v) is 2.46. The van der Waals surface area contributed by atoms with E-state index in [1.54, 1.807) is 12.1 Å². The van der Waals surface area contributed by atoms with Gasteiger partial charge in [-0.15, -0.1) is 0 Å². The molecule has 116 valence electrons. The Bertz CT molecular complexity index is 502. The Kier molecular flexibility index (Phi) is 5.35. The zero-order chi connectivity index (χ0) is 15.2. The van der Waals surface area contributed by atoms with Crippen molar-refractivity contribution in [2.24, 2.45) is 10.9 Å². The third-order valence-electron chi connectivity index (χ3n) is 3.58. The molecule has 1 fully saturated rings. The highest BCUT2D eigenvalue weighted by molar-refractivity contribution is 5.97. The van der Waals surface area contributed by atoms with Crippen LogP contribution in [0.4, 0.5) is 10.1 Å². The predicted octanol–water partition coefficient (Wildman–Crippen LogP) is 0.898. The van der Waals surface area contributed by atoms with E-state index in [9.17, 15) is 4.39 Å². The second kappa shape index (κ2) is 7.24. The SMILES string of the molecule is N/C(=N/O)c1ccc(N2CCC(OCCO)CC2)c(F)c1. The first-order chi connectivity index (χ1) is 10.2. The first-order valence-electron chi connectivity index (χ1n) is 6.90. The molecule has 0 saturated carbocycles. The van der Waals surface area contributed by atoms with Crippen LogP contribution in [0.3, 0.4) is 0 Å². The van der Waals surface area contributed by atoms with Crippen LogP contribution in [0, 0.1) is 5.82 Å². The maximum Gasteiger partial charge on any atom is 0.170 e. The molecule has 0 atom stereocenters. The van der Waals surface area contributed by atoms with Crippen molar-refractivity contribution in [3.63, 3.8) is 0 Å². The van der Waals surface area contributed by atoms with Crippen LogP contribution >= 0.6 is 0 Å². The molecule has 0 bridgehead atoms. The summed E-state index contributed by atoms with van der Waals surface area (Å²) in [6.45, 7) is 1.74. The lowest BCUT2D eigenvalue weighted by Gasteiger charge is -2.33. The third-order valence-corrected chi connectivity index (χ3v) is 3.58. The first kappa shape index (κ1) is 15.5. The summed E-state index contributed by atoms with van der Waals surface area (Å²) in [7, 11) is 0. The number of piperidine rings is 1. The quantitative estimate of drug-likeness (QED) is 0.325. The second-order valence-electron chi connectivity index (χ2n) is 4.93. The lowest BCUT2D eigenvalue weighted by molar-refractivity contribution is 0.0158. The van der Waals surface area contributed by atoms with Crippen molar-refractivity contribution in [2.75, 3.05) is 31.2 Å². The lowest BCUT2D eigenvalue weighted by atomic mass is 10.1. The van der Waals surface area contributed by atoms with Crippen molar-refractivity contribution >= 4 is 11.5 Å². The average Bonchev–Trinajstić information content (AvgIpc) is 2.52. The molecular weight excluding hydrogens is 277 g/mol. The average molecular weight is 297 g/mol. The molecule has 0 amide bonds. The molecule has 0 aliphatic carbocycles. The van der Waals surface area contributed by atoms with Gasteiger partial charge in [-0.25, -0.2) is 4.39 Å². The number of nitrogens with zero attached hydrogens (tertiary/aromatic N) is 2. The summed E-state index contributed by atoms with van der Waals surface area (Å²) in [5.74, 6) is -0.509. The minimum Gasteiger partial charge on any atom is -0.409 e. The van der Waals surface area contributed by atoms with E-state index in [0.717, 1.165) is 12.8 Å². The number of anilines is 1. The minimum absolute atomic E-state index is 0.0180. The number of oxime groups is 1. The molecule has 1 heterocycles. The Morgan fingerprint density at radius 2 is 2.14 bits per heavy atom. The molecular formula is C14H20FN3O3. The van der Waals surface area contributed by atoms with Gasteiger partial charge >= 0.3 is 0 Å². The lowest BCUT2D eigenvalue weighted by Crippen LogP contribution is -2.37. The fraction of sp³-hybridized carbons (Fsp3) is 0.500. The molecule has 1 aromatic rings. The van der Waals surface area contributed by atoms with E-state index in [1.807, 2.05) is 4.90 Å². The summed E-state index contributed by atoms with van der Waals surface area (Å²) in [5, 5.41) is 20.2. The van der Waals surface area contributed by atoms with Gasteiger partial charge in [-0.2, -0.15) is 0 Å². The molecule has 21 heavy (non-hydrogen) atoms. The molecule has 4 N–H and O–H groups in total. The Balaban J connectivity index is 2.00. The summed E-state index contributed by atoms with van der Waals surface area (Å²) < 4.78 is 19.6. The van der Waals surface area contributed by atoms with Gasteiger partial charge in [0.25, 0.3) is 0 Å². The summed E-state index contributed by atoms with van der Waals surface area (Å²) in [6, 6.07) is 4.53. The van der Waals surface area contributed by atoms with Crippen LogP contribution < -0.4 is 10.6 Å². The van der Waals surface area contributed by atoms with Crippen molar-refractivity contribution in [1.29, 1.82) is 0 Å². The van der Waals surface area contributed by atoms with E-state index in [0.29, 0.717) is 30.9 Å². The number of hydrogen-bond donors (Lipinski definition) is 3. The smallest absolute Gasteiger partial charge is 0.170 e. The molecule has 1 aliphatic heterocycles. The molecule has 7 heteroatoms. The summed E-state index contributed by atoms with van der Waals surface area (Å²) in [5.41, 5.74) is 6.29. The number of amidine groups is 1. The molecule has 6 nitrogen and oxygen atoms in total. The van der Waals surface area contributed by atoms with Crippen molar-refractivity contribution < 1.29 is 19.4 Å². The van der Waals surface area contributed by atoms with Crippen LogP contribution in [0.15, 0.2) is 23.4 Å². The Hall–Kier alpha value is -1.86. The number of aliphatic hydroxyl groups is 1. The fourth-order valence-electron chi connectivity index (χ4n) is 2.46. The molecule has 0 radical (unpaired) electrons. The number of benzene rings is 1. The highest BCUT2D eigenvalue weighted by Gasteiger charge is 2.22. The molecule has 0 aromatic heterocycles. The van der Waals surface area contributed by atoms with Crippen molar-refractivity contribution in [1.82, 2.24) is 0 Å². The number of halogens is 1. The van der Waals surface area contributed by atoms with Gasteiger partial charge in [0.05, 0.1) is 25.0 Å². The van der Waals surface area contributed by atoms with Crippen LogP contribution in [0.5, 0.6) is 0 Å². The van der Waals surface area contributed by atoms with E-state index < -0.39 is 5.82 Å². The van der Waals surface area contributed by atoms with E-state index in [4.69, 9.17) is 20.8 Å². The van der Waals surface area contributed by atoms with Gasteiger partial charge in [-0.3, -0.25) is 0 Å². The Labute approximate surface area is 122 Å². The topological polar surface area (TPSA) is 91.3 Å². The zero-order valence-corrected chi connectivity index (χ0v) is 11.7. The largest absolute Gasteiger partial charge is 0.409 e. The first-order valence-corrected chi connectivity index (χ1v) is 6.90. The van der Waals surface area contributed by atoms with Gasteiger partial charge in [0.2, 0.25) is 0 Å². The Morgan fingerprint density at radius 3 is 2.71 bits per heavy atom. The van der Waals surface area contributed by atoms with Crippen LogP contribution in [0.25, 0.3) is 0 Å². The highest BCUT2D eigenvalue weighted by atomic mass is 19.1. The van der Waals surface area contributed by atoms with Crippen molar-refractivity contribution in [2.45, 2.75) is 18.9 Å². The van der Waals surface area contributed by atoms with E-state index in [1.165, 1.54) is 6.07 Å². The summed E-state index contributed by atoms with van der Waals surface area (Å²) in [6.07, 6.45) is 1.70. The van der Waals surface area contributed by atoms with Gasteiger partial charge < -0.3 is 25.7 Å². The number of aliphatic hydroxyl groups excluding tert-OH is 1. The molecule has 1 aromatic carbocycles. The molecule has 1 saturated heterocycles. The van der Waals surface area contributed by atoms with Crippen molar-refractivity contribution in [3.8, 4) is 0 Å². The van der Waals surface area contributed by atoms with E-state index in [2.05, 4.69) is 5.16 Å². The zero-order valence-electron chi connectivity index (χ0n) is 11.7. The highest BCUT2D eigenvalue weighted by Crippen LogP contribution is 2.25. The standard InChI is InChI=1S/C14H20FN3O3/c15-12-9-10(14(16)17-20)1-2-13(12)18-5-3-11(4-6-18)21-8-7-19/h1-2,9,11,19-20H,3-8H2,(H2,16,17). The minimum atomic E-state index is -0.395. The van der Waals surface area contributed by atoms with Gasteiger partial charge in [0, 0.05) is 18.7 Å². The van der Waals surface area contributed by atoms with E-state index >= 15 is 0 Å². The van der Waals surface area contributed by atoms with Crippen LogP contribution in [0.1, 0.15) is 18.4 Å². The molecule has 0 unspecified atom stereocenters. The van der Waals surface area contributed by atoms with Gasteiger partial charge in [-0.05, 0) is 31.0 Å². The number of hydrogen-bond acceptors (Lipinski definition) is 5. The van der Waals surface area contributed by atoms with Gasteiger partial charge in [-0.1, -0.05) is 5.16 Å². The maximum absolute atomic E-state index is 14.1. The normalized spacial score (nSPS) is 17.2. The molecule has 0 spiro atoms. The van der Waals surface area contributed by atoms with Gasteiger partial charge in [0.15, 0.2) is 5.84 Å². The second-order valence-corrected chi connectivity index (χ2v) is 4.93. The van der Waals surface area contributed by atoms with Crippen LogP contribution in [-0.4, -0.2) is 48.6 Å².